The second-order valence-electron chi connectivity index (χ2n) is 5.62. The number of nitrogens with zero attached hydrogens (tertiary/aromatic N) is 5. The van der Waals surface area contributed by atoms with Crippen LogP contribution < -0.4 is 10.9 Å². The van der Waals surface area contributed by atoms with Crippen LogP contribution in [0.3, 0.4) is 0 Å². The van der Waals surface area contributed by atoms with Crippen molar-refractivity contribution >= 4 is 22.5 Å². The Bertz CT molecular complexity index is 1090. The van der Waals surface area contributed by atoms with Crippen LogP contribution in [0, 0.1) is 13.8 Å². The molecule has 8 nitrogen and oxygen atoms in total. The van der Waals surface area contributed by atoms with Crippen molar-refractivity contribution in [1.29, 1.82) is 0 Å². The molecular weight excluding hydrogens is 318 g/mol. The van der Waals surface area contributed by atoms with Crippen molar-refractivity contribution in [2.75, 3.05) is 5.32 Å². The van der Waals surface area contributed by atoms with E-state index in [9.17, 15) is 4.79 Å². The zero-order valence-corrected chi connectivity index (χ0v) is 13.7. The molecule has 0 aromatic carbocycles. The van der Waals surface area contributed by atoms with E-state index in [1.54, 1.807) is 16.9 Å². The van der Waals surface area contributed by atoms with E-state index in [1.807, 2.05) is 38.1 Å². The first-order chi connectivity index (χ1) is 12.1. The number of anilines is 2. The van der Waals surface area contributed by atoms with Gasteiger partial charge in [0.15, 0.2) is 5.82 Å². The molecule has 0 bridgehead atoms. The SMILES string of the molecule is Cc1cc(Nc2cc3c(cn2)c(=O)[nH]n3-c2ccccn2)nc(C)n1. The van der Waals surface area contributed by atoms with Crippen molar-refractivity contribution in [3.63, 3.8) is 0 Å². The van der Waals surface area contributed by atoms with Gasteiger partial charge < -0.3 is 5.32 Å². The van der Waals surface area contributed by atoms with E-state index >= 15 is 0 Å². The summed E-state index contributed by atoms with van der Waals surface area (Å²) >= 11 is 0. The predicted octanol–water partition coefficient (Wildman–Crippen LogP) is 2.26. The number of hydrogen-bond acceptors (Lipinski definition) is 6. The molecule has 0 saturated heterocycles. The van der Waals surface area contributed by atoms with Gasteiger partial charge in [-0.05, 0) is 26.0 Å². The van der Waals surface area contributed by atoms with Crippen LogP contribution in [0.15, 0.2) is 47.5 Å². The average molecular weight is 333 g/mol. The molecule has 2 N–H and O–H groups in total. The second kappa shape index (κ2) is 5.82. The molecule has 4 rings (SSSR count). The Morgan fingerprint density at radius 3 is 2.72 bits per heavy atom. The summed E-state index contributed by atoms with van der Waals surface area (Å²) < 4.78 is 1.64. The normalized spacial score (nSPS) is 11.0. The molecule has 0 saturated carbocycles. The number of H-pyrrole nitrogens is 1. The van der Waals surface area contributed by atoms with Gasteiger partial charge in [-0.3, -0.25) is 9.89 Å². The van der Waals surface area contributed by atoms with Crippen LogP contribution in [0.5, 0.6) is 0 Å². The Morgan fingerprint density at radius 1 is 1.08 bits per heavy atom. The molecular formula is C17H15N7O. The maximum atomic E-state index is 12.1. The smallest absolute Gasteiger partial charge is 0.273 e. The molecule has 0 spiro atoms. The van der Waals surface area contributed by atoms with Gasteiger partial charge in [-0.15, -0.1) is 0 Å². The first-order valence-electron chi connectivity index (χ1n) is 7.72. The molecule has 0 aliphatic heterocycles. The van der Waals surface area contributed by atoms with Crippen molar-refractivity contribution in [2.45, 2.75) is 13.8 Å². The largest absolute Gasteiger partial charge is 0.325 e. The summed E-state index contributed by atoms with van der Waals surface area (Å²) in [6.07, 6.45) is 3.21. The quantitative estimate of drug-likeness (QED) is 0.596. The first kappa shape index (κ1) is 15.0. The number of rotatable bonds is 3. The van der Waals surface area contributed by atoms with Gasteiger partial charge in [0.1, 0.15) is 17.5 Å². The van der Waals surface area contributed by atoms with Crippen molar-refractivity contribution < 1.29 is 0 Å². The molecule has 0 amide bonds. The monoisotopic (exact) mass is 333 g/mol. The summed E-state index contributed by atoms with van der Waals surface area (Å²) in [7, 11) is 0. The zero-order chi connectivity index (χ0) is 17.4. The summed E-state index contributed by atoms with van der Waals surface area (Å²) in [6, 6.07) is 9.12. The molecule has 0 atom stereocenters. The average Bonchev–Trinajstić information content (AvgIpc) is 2.91. The maximum Gasteiger partial charge on any atom is 0.273 e. The summed E-state index contributed by atoms with van der Waals surface area (Å²) in [5, 5.41) is 6.43. The van der Waals surface area contributed by atoms with E-state index in [1.165, 1.54) is 6.20 Å². The Balaban J connectivity index is 1.80. The molecule has 0 aliphatic carbocycles. The van der Waals surface area contributed by atoms with E-state index in [2.05, 4.69) is 30.4 Å². The number of pyridine rings is 2. The van der Waals surface area contributed by atoms with Crippen LogP contribution >= 0.6 is 0 Å². The van der Waals surface area contributed by atoms with Gasteiger partial charge in [-0.1, -0.05) is 6.07 Å². The van der Waals surface area contributed by atoms with Gasteiger partial charge in [-0.2, -0.15) is 0 Å². The van der Waals surface area contributed by atoms with Gasteiger partial charge >= 0.3 is 0 Å². The lowest BCUT2D eigenvalue weighted by atomic mass is 10.3. The number of hydrogen-bond donors (Lipinski definition) is 2. The molecule has 0 radical (unpaired) electrons. The number of fused-ring (bicyclic) bond motifs is 1. The zero-order valence-electron chi connectivity index (χ0n) is 13.7. The summed E-state index contributed by atoms with van der Waals surface area (Å²) in [5.41, 5.74) is 1.33. The van der Waals surface area contributed by atoms with E-state index in [0.717, 1.165) is 5.69 Å². The topological polar surface area (TPSA) is 101 Å². The fourth-order valence-electron chi connectivity index (χ4n) is 2.67. The summed E-state index contributed by atoms with van der Waals surface area (Å²) in [5.74, 6) is 2.53. The fraction of sp³-hybridized carbons (Fsp3) is 0.118. The third kappa shape index (κ3) is 2.85. The molecule has 0 fully saturated rings. The van der Waals surface area contributed by atoms with Crippen molar-refractivity contribution in [3.05, 3.63) is 64.6 Å². The number of nitrogens with one attached hydrogen (secondary N) is 2. The number of aromatic amines is 1. The van der Waals surface area contributed by atoms with Gasteiger partial charge in [0.05, 0.1) is 10.9 Å². The van der Waals surface area contributed by atoms with Crippen LogP contribution in [0.25, 0.3) is 16.7 Å². The van der Waals surface area contributed by atoms with Crippen LogP contribution in [0.2, 0.25) is 0 Å². The third-order valence-electron chi connectivity index (χ3n) is 3.68. The lowest BCUT2D eigenvalue weighted by Gasteiger charge is -2.07. The van der Waals surface area contributed by atoms with Crippen LogP contribution in [0.4, 0.5) is 11.6 Å². The molecule has 124 valence electrons. The summed E-state index contributed by atoms with van der Waals surface area (Å²) in [6.45, 7) is 3.74. The van der Waals surface area contributed by atoms with E-state index < -0.39 is 0 Å². The fourth-order valence-corrected chi connectivity index (χ4v) is 2.67. The standard InChI is InChI=1S/C17H15N7O/c1-10-7-15(21-11(2)20-10)22-14-8-13-12(9-19-14)17(25)23-24(13)16-5-3-4-6-18-16/h3-9H,1-2H3,(H,23,25)(H,19,20,21,22). The Hall–Kier alpha value is -3.55. The molecule has 8 heteroatoms. The second-order valence-corrected chi connectivity index (χ2v) is 5.62. The molecule has 0 aliphatic rings. The highest BCUT2D eigenvalue weighted by molar-refractivity contribution is 5.82. The minimum Gasteiger partial charge on any atom is -0.325 e. The summed E-state index contributed by atoms with van der Waals surface area (Å²) in [4.78, 5) is 29.3. The van der Waals surface area contributed by atoms with Gasteiger partial charge in [-0.25, -0.2) is 24.6 Å². The highest BCUT2D eigenvalue weighted by atomic mass is 16.1. The first-order valence-corrected chi connectivity index (χ1v) is 7.72. The van der Waals surface area contributed by atoms with Crippen LogP contribution in [-0.2, 0) is 0 Å². The molecule has 4 aromatic heterocycles. The third-order valence-corrected chi connectivity index (χ3v) is 3.68. The molecule has 0 unspecified atom stereocenters. The van der Waals surface area contributed by atoms with Crippen molar-refractivity contribution in [2.24, 2.45) is 0 Å². The van der Waals surface area contributed by atoms with Crippen molar-refractivity contribution in [3.8, 4) is 5.82 Å². The molecule has 4 heterocycles. The van der Waals surface area contributed by atoms with Gasteiger partial charge in [0, 0.05) is 30.2 Å². The highest BCUT2D eigenvalue weighted by Crippen LogP contribution is 2.19. The Morgan fingerprint density at radius 2 is 1.96 bits per heavy atom. The van der Waals surface area contributed by atoms with Gasteiger partial charge in [0.2, 0.25) is 0 Å². The lowest BCUT2D eigenvalue weighted by molar-refractivity contribution is 0.858. The minimum atomic E-state index is -0.214. The lowest BCUT2D eigenvalue weighted by Crippen LogP contribution is -2.04. The number of aromatic nitrogens is 6. The van der Waals surface area contributed by atoms with E-state index in [4.69, 9.17) is 0 Å². The molecule has 25 heavy (non-hydrogen) atoms. The van der Waals surface area contributed by atoms with Crippen molar-refractivity contribution in [1.82, 2.24) is 29.7 Å². The molecule has 4 aromatic rings. The van der Waals surface area contributed by atoms with E-state index in [-0.39, 0.29) is 5.56 Å². The Kier molecular flexibility index (Phi) is 3.50. The van der Waals surface area contributed by atoms with E-state index in [0.29, 0.717) is 34.2 Å². The number of aryl methyl sites for hydroxylation is 2. The highest BCUT2D eigenvalue weighted by Gasteiger charge is 2.11. The predicted molar refractivity (Wildman–Crippen MR) is 94.3 cm³/mol. The van der Waals surface area contributed by atoms with Gasteiger partial charge in [0.25, 0.3) is 5.56 Å². The van der Waals surface area contributed by atoms with Crippen LogP contribution in [-0.4, -0.2) is 29.7 Å². The Labute approximate surface area is 142 Å². The van der Waals surface area contributed by atoms with Crippen LogP contribution in [0.1, 0.15) is 11.5 Å². The minimum absolute atomic E-state index is 0.214. The maximum absolute atomic E-state index is 12.1.